The lowest BCUT2D eigenvalue weighted by molar-refractivity contribution is 0.391. The molecule has 0 fully saturated rings. The fourth-order valence-corrected chi connectivity index (χ4v) is 3.34. The first-order valence-electron chi connectivity index (χ1n) is 8.30. The molecule has 4 aromatic rings. The van der Waals surface area contributed by atoms with E-state index in [2.05, 4.69) is 20.3 Å². The first kappa shape index (κ1) is 17.3. The maximum atomic E-state index is 5.42. The second kappa shape index (κ2) is 7.63. The van der Waals surface area contributed by atoms with Gasteiger partial charge < -0.3 is 9.26 Å². The zero-order chi connectivity index (χ0) is 18.6. The Morgan fingerprint density at radius 3 is 2.74 bits per heavy atom. The van der Waals surface area contributed by atoms with Crippen LogP contribution in [0.2, 0.25) is 0 Å². The summed E-state index contributed by atoms with van der Waals surface area (Å²) in [5.74, 6) is 2.35. The average Bonchev–Trinajstić information content (AvgIpc) is 3.36. The molecule has 0 bridgehead atoms. The second-order valence-corrected chi connectivity index (χ2v) is 6.76. The molecule has 27 heavy (non-hydrogen) atoms. The summed E-state index contributed by atoms with van der Waals surface area (Å²) in [6.07, 6.45) is 1.66. The molecule has 8 heteroatoms. The number of methoxy groups -OCH3 is 1. The number of nitrogens with zero attached hydrogens (tertiary/aromatic N) is 5. The van der Waals surface area contributed by atoms with Gasteiger partial charge in [-0.25, -0.2) is 0 Å². The van der Waals surface area contributed by atoms with Crippen LogP contribution < -0.4 is 4.74 Å². The average molecular weight is 379 g/mol. The number of ether oxygens (including phenoxy) is 1. The van der Waals surface area contributed by atoms with Crippen LogP contribution in [0.25, 0.3) is 17.1 Å². The molecule has 0 spiro atoms. The van der Waals surface area contributed by atoms with Crippen LogP contribution in [0.1, 0.15) is 11.5 Å². The highest BCUT2D eigenvalue weighted by molar-refractivity contribution is 7.98. The van der Waals surface area contributed by atoms with Crippen molar-refractivity contribution in [2.75, 3.05) is 7.11 Å². The lowest BCUT2D eigenvalue weighted by atomic mass is 10.1. The van der Waals surface area contributed by atoms with Gasteiger partial charge in [-0.2, -0.15) is 4.98 Å². The van der Waals surface area contributed by atoms with E-state index in [9.17, 15) is 0 Å². The zero-order valence-corrected chi connectivity index (χ0v) is 15.7. The van der Waals surface area contributed by atoms with Gasteiger partial charge in [0.1, 0.15) is 12.1 Å². The van der Waals surface area contributed by atoms with E-state index in [0.29, 0.717) is 17.5 Å². The van der Waals surface area contributed by atoms with Gasteiger partial charge in [-0.1, -0.05) is 58.9 Å². The predicted molar refractivity (Wildman–Crippen MR) is 102 cm³/mol. The molecule has 2 heterocycles. The van der Waals surface area contributed by atoms with Crippen LogP contribution in [0.15, 0.2) is 64.5 Å². The first-order chi connectivity index (χ1) is 13.2. The van der Waals surface area contributed by atoms with Crippen molar-refractivity contribution in [1.29, 1.82) is 0 Å². The third-order valence-electron chi connectivity index (χ3n) is 3.96. The number of benzene rings is 2. The van der Waals surface area contributed by atoms with Crippen LogP contribution in [0, 0.1) is 6.92 Å². The Labute approximate surface area is 160 Å². The Morgan fingerprint density at radius 2 is 1.93 bits per heavy atom. The van der Waals surface area contributed by atoms with E-state index in [-0.39, 0.29) is 0 Å². The smallest absolute Gasteiger partial charge is 0.237 e. The number of aromatic nitrogens is 5. The fraction of sp³-hybridized carbons (Fsp3) is 0.158. The molecule has 0 aliphatic carbocycles. The van der Waals surface area contributed by atoms with Crippen LogP contribution in [0.5, 0.6) is 5.75 Å². The van der Waals surface area contributed by atoms with E-state index in [1.54, 1.807) is 13.4 Å². The van der Waals surface area contributed by atoms with E-state index < -0.39 is 0 Å². The zero-order valence-electron chi connectivity index (χ0n) is 14.9. The Balaban J connectivity index is 1.51. The van der Waals surface area contributed by atoms with Gasteiger partial charge in [0.2, 0.25) is 11.7 Å². The van der Waals surface area contributed by atoms with E-state index in [1.807, 2.05) is 60.0 Å². The molecule has 0 aliphatic rings. The Bertz CT molecular complexity index is 1040. The van der Waals surface area contributed by atoms with Gasteiger partial charge in [-0.15, -0.1) is 10.2 Å². The maximum Gasteiger partial charge on any atom is 0.237 e. The normalized spacial score (nSPS) is 10.9. The summed E-state index contributed by atoms with van der Waals surface area (Å²) in [4.78, 5) is 4.46. The summed E-state index contributed by atoms with van der Waals surface area (Å²) in [6, 6.07) is 15.7. The van der Waals surface area contributed by atoms with Crippen molar-refractivity contribution in [1.82, 2.24) is 24.9 Å². The largest absolute Gasteiger partial charge is 0.495 e. The SMILES string of the molecule is COc1ccccc1-n1cnnc1SCc1nc(-c2ccc(C)cc2)no1. The highest BCUT2D eigenvalue weighted by Gasteiger charge is 2.14. The Morgan fingerprint density at radius 1 is 1.11 bits per heavy atom. The predicted octanol–water partition coefficient (Wildman–Crippen LogP) is 3.93. The summed E-state index contributed by atoms with van der Waals surface area (Å²) in [7, 11) is 1.64. The number of hydrogen-bond acceptors (Lipinski definition) is 7. The molecule has 0 amide bonds. The summed E-state index contributed by atoms with van der Waals surface area (Å²) in [5.41, 5.74) is 2.99. The van der Waals surface area contributed by atoms with Crippen LogP contribution in [-0.2, 0) is 5.75 Å². The Kier molecular flexibility index (Phi) is 4.88. The maximum absolute atomic E-state index is 5.42. The minimum atomic E-state index is 0.493. The molecule has 4 rings (SSSR count). The van der Waals surface area contributed by atoms with E-state index in [0.717, 1.165) is 22.2 Å². The molecule has 0 N–H and O–H groups in total. The van der Waals surface area contributed by atoms with Crippen LogP contribution in [0.3, 0.4) is 0 Å². The molecule has 0 radical (unpaired) electrons. The van der Waals surface area contributed by atoms with Crippen LogP contribution >= 0.6 is 11.8 Å². The van der Waals surface area contributed by atoms with Gasteiger partial charge in [0, 0.05) is 5.56 Å². The standard InChI is InChI=1S/C19H17N5O2S/c1-13-7-9-14(10-8-13)18-21-17(26-23-18)11-27-19-22-20-12-24(19)15-5-3-4-6-16(15)25-2/h3-10,12H,11H2,1-2H3. The quantitative estimate of drug-likeness (QED) is 0.470. The van der Waals surface area contributed by atoms with Gasteiger partial charge in [0.05, 0.1) is 18.6 Å². The molecule has 2 aromatic heterocycles. The summed E-state index contributed by atoms with van der Waals surface area (Å²) < 4.78 is 12.7. The first-order valence-corrected chi connectivity index (χ1v) is 9.29. The van der Waals surface area contributed by atoms with Crippen LogP contribution in [0.4, 0.5) is 0 Å². The van der Waals surface area contributed by atoms with Crippen molar-refractivity contribution in [3.05, 3.63) is 66.3 Å². The van der Waals surface area contributed by atoms with E-state index in [4.69, 9.17) is 9.26 Å². The van der Waals surface area contributed by atoms with Crippen molar-refractivity contribution in [3.63, 3.8) is 0 Å². The Hall–Kier alpha value is -3.13. The topological polar surface area (TPSA) is 78.9 Å². The van der Waals surface area contributed by atoms with Crippen molar-refractivity contribution in [2.45, 2.75) is 17.8 Å². The number of aryl methyl sites for hydroxylation is 1. The van der Waals surface area contributed by atoms with Gasteiger partial charge in [-0.05, 0) is 19.1 Å². The molecule has 0 unspecified atom stereocenters. The monoisotopic (exact) mass is 379 g/mol. The number of para-hydroxylation sites is 2. The molecule has 2 aromatic carbocycles. The van der Waals surface area contributed by atoms with Gasteiger partial charge in [0.25, 0.3) is 0 Å². The molecule has 136 valence electrons. The second-order valence-electron chi connectivity index (χ2n) is 5.82. The molecule has 7 nitrogen and oxygen atoms in total. The molecule has 0 saturated carbocycles. The number of hydrogen-bond donors (Lipinski definition) is 0. The summed E-state index contributed by atoms with van der Waals surface area (Å²) >= 11 is 1.47. The lowest BCUT2D eigenvalue weighted by Crippen LogP contribution is -1.98. The van der Waals surface area contributed by atoms with E-state index in [1.165, 1.54) is 17.3 Å². The number of rotatable bonds is 6. The fourth-order valence-electron chi connectivity index (χ4n) is 2.58. The molecule has 0 atom stereocenters. The minimum absolute atomic E-state index is 0.493. The summed E-state index contributed by atoms with van der Waals surface area (Å²) in [5, 5.41) is 13.0. The third kappa shape index (κ3) is 3.70. The van der Waals surface area contributed by atoms with Gasteiger partial charge >= 0.3 is 0 Å². The molecule has 0 aliphatic heterocycles. The van der Waals surface area contributed by atoms with Crippen molar-refractivity contribution in [2.24, 2.45) is 0 Å². The minimum Gasteiger partial charge on any atom is -0.495 e. The van der Waals surface area contributed by atoms with Crippen molar-refractivity contribution < 1.29 is 9.26 Å². The highest BCUT2D eigenvalue weighted by atomic mass is 32.2. The third-order valence-corrected chi connectivity index (χ3v) is 4.89. The summed E-state index contributed by atoms with van der Waals surface area (Å²) in [6.45, 7) is 2.04. The van der Waals surface area contributed by atoms with Gasteiger partial charge in [-0.3, -0.25) is 4.57 Å². The van der Waals surface area contributed by atoms with Crippen molar-refractivity contribution in [3.8, 4) is 22.8 Å². The van der Waals surface area contributed by atoms with Gasteiger partial charge in [0.15, 0.2) is 5.16 Å². The highest BCUT2D eigenvalue weighted by Crippen LogP contribution is 2.28. The molecular weight excluding hydrogens is 362 g/mol. The van der Waals surface area contributed by atoms with Crippen LogP contribution in [-0.4, -0.2) is 32.0 Å². The molecule has 0 saturated heterocycles. The van der Waals surface area contributed by atoms with E-state index >= 15 is 0 Å². The molecular formula is C19H17N5O2S. The lowest BCUT2D eigenvalue weighted by Gasteiger charge is -2.10. The van der Waals surface area contributed by atoms with Crippen molar-refractivity contribution >= 4 is 11.8 Å². The number of thioether (sulfide) groups is 1.